The molecule has 0 aromatic heterocycles. The third-order valence-corrected chi connectivity index (χ3v) is 20.8. The predicted octanol–water partition coefficient (Wildman–Crippen LogP) is 27.3. The second kappa shape index (κ2) is 80.7. The Kier molecular flexibility index (Phi) is 79.1. The molecule has 0 bridgehead atoms. The summed E-state index contributed by atoms with van der Waals surface area (Å²) in [5.74, 6) is -2.24. The molecular formula is C89H173NO8. The minimum absolute atomic E-state index is 0.153. The minimum atomic E-state index is -1.62. The highest BCUT2D eigenvalue weighted by Crippen LogP contribution is 2.21. The first kappa shape index (κ1) is 96.0. The molecule has 0 heterocycles. The monoisotopic (exact) mass is 1380 g/mol. The summed E-state index contributed by atoms with van der Waals surface area (Å²) in [7, 11) is 5.96. The molecule has 0 aromatic rings. The molecule has 0 spiro atoms. The number of aliphatic carboxylic acids is 1. The summed E-state index contributed by atoms with van der Waals surface area (Å²) in [6.45, 7) is 4.85. The second-order valence-electron chi connectivity index (χ2n) is 31.9. The molecule has 0 rings (SSSR count). The van der Waals surface area contributed by atoms with Gasteiger partial charge in [0.05, 0.1) is 40.3 Å². The average Bonchev–Trinajstić information content (AvgIpc) is 1.40. The third-order valence-electron chi connectivity index (χ3n) is 20.8. The van der Waals surface area contributed by atoms with Gasteiger partial charge in [-0.15, -0.1) is 0 Å². The molecular weight excluding hydrogens is 1210 g/mol. The zero-order valence-corrected chi connectivity index (χ0v) is 67.0. The fourth-order valence-electron chi connectivity index (χ4n) is 14.0. The molecule has 0 N–H and O–H groups in total. The SMILES string of the molecule is CCCCCCCCCC/C=C\CCCCCCCCCCCCCCCCCCCCCCCCCCCCCCCC(=O)OC(COC(=O)CCCCCCCCCCCCCCCCCCCCCCCCCCCCCCCCCC)COC(OCC[N+](C)(C)C)C(=O)[O-]. The van der Waals surface area contributed by atoms with E-state index < -0.39 is 24.3 Å². The number of hydrogen-bond acceptors (Lipinski definition) is 8. The smallest absolute Gasteiger partial charge is 0.306 e. The lowest BCUT2D eigenvalue weighted by molar-refractivity contribution is -0.870. The molecule has 0 aliphatic rings. The highest BCUT2D eigenvalue weighted by molar-refractivity contribution is 5.70. The Morgan fingerprint density at radius 2 is 0.520 bits per heavy atom. The normalized spacial score (nSPS) is 12.5. The number of carbonyl (C=O) groups is 3. The quantitative estimate of drug-likeness (QED) is 0.0195. The summed E-state index contributed by atoms with van der Waals surface area (Å²) in [6.07, 6.45) is 99.6. The number of allylic oxidation sites excluding steroid dienone is 2. The van der Waals surface area contributed by atoms with E-state index in [2.05, 4.69) is 26.0 Å². The maximum absolute atomic E-state index is 13.0. The standard InChI is InChI=1S/C89H173NO8/c1-6-8-10-12-14-16-18-20-22-24-26-28-30-32-34-36-38-40-41-42-43-44-45-46-47-48-50-52-54-56-58-60-62-64-66-68-70-72-74-76-78-80-87(92)98-85(84-97-89(88(93)94)95-82-81-90(3,4)5)83-96-86(91)79-77-75-73-71-69-67-65-63-61-59-57-55-53-51-49-39-37-35-33-31-29-27-25-23-21-19-17-15-13-11-9-7-2/h24,26,85,89H,6-23,25,27-84H2,1-5H3/b26-24-. The average molecular weight is 1390 g/mol. The van der Waals surface area contributed by atoms with Gasteiger partial charge in [-0.3, -0.25) is 9.59 Å². The first-order valence-electron chi connectivity index (χ1n) is 44.3. The van der Waals surface area contributed by atoms with Crippen molar-refractivity contribution in [3.63, 3.8) is 0 Å². The molecule has 0 aliphatic heterocycles. The summed E-state index contributed by atoms with van der Waals surface area (Å²) in [5.41, 5.74) is 0. The van der Waals surface area contributed by atoms with Crippen LogP contribution >= 0.6 is 0 Å². The number of carboxylic acids is 1. The number of unbranched alkanes of at least 4 members (excludes halogenated alkanes) is 68. The first-order chi connectivity index (χ1) is 48.1. The van der Waals surface area contributed by atoms with Crippen LogP contribution < -0.4 is 5.11 Å². The third kappa shape index (κ3) is 81.3. The van der Waals surface area contributed by atoms with E-state index in [1.54, 1.807) is 0 Å². The molecule has 0 aromatic carbocycles. The van der Waals surface area contributed by atoms with Crippen LogP contribution in [0.2, 0.25) is 0 Å². The maximum Gasteiger partial charge on any atom is 0.306 e. The van der Waals surface area contributed by atoms with E-state index in [-0.39, 0.29) is 32.2 Å². The Bertz CT molecular complexity index is 1610. The highest BCUT2D eigenvalue weighted by Gasteiger charge is 2.22. The largest absolute Gasteiger partial charge is 0.545 e. The summed E-state index contributed by atoms with van der Waals surface area (Å²) in [5, 5.41) is 11.9. The van der Waals surface area contributed by atoms with Crippen molar-refractivity contribution in [1.29, 1.82) is 0 Å². The van der Waals surface area contributed by atoms with Gasteiger partial charge in [0.15, 0.2) is 12.4 Å². The van der Waals surface area contributed by atoms with Gasteiger partial charge in [0.2, 0.25) is 0 Å². The molecule has 9 nitrogen and oxygen atoms in total. The molecule has 9 heteroatoms. The Morgan fingerprint density at radius 1 is 0.296 bits per heavy atom. The fourth-order valence-corrected chi connectivity index (χ4v) is 14.0. The van der Waals surface area contributed by atoms with Crippen LogP contribution in [-0.2, 0) is 33.3 Å². The van der Waals surface area contributed by atoms with Crippen molar-refractivity contribution in [1.82, 2.24) is 0 Å². The van der Waals surface area contributed by atoms with Crippen LogP contribution in [0.4, 0.5) is 0 Å². The van der Waals surface area contributed by atoms with E-state index in [0.717, 1.165) is 38.5 Å². The lowest BCUT2D eigenvalue weighted by Gasteiger charge is -2.26. The second-order valence-corrected chi connectivity index (χ2v) is 31.9. The van der Waals surface area contributed by atoms with Crippen LogP contribution in [0.3, 0.4) is 0 Å². The van der Waals surface area contributed by atoms with Crippen LogP contribution in [0.15, 0.2) is 12.2 Å². The van der Waals surface area contributed by atoms with Crippen LogP contribution in [-0.4, -0.2) is 82.3 Å². The number of rotatable bonds is 85. The molecule has 0 aliphatic carbocycles. The van der Waals surface area contributed by atoms with Gasteiger partial charge in [-0.25, -0.2) is 0 Å². The number of carboxylic acid groups (broad SMARTS) is 1. The number of esters is 2. The Balaban J connectivity index is 3.88. The maximum atomic E-state index is 13.0. The van der Waals surface area contributed by atoms with Crippen LogP contribution in [0.25, 0.3) is 0 Å². The zero-order chi connectivity index (χ0) is 71.1. The predicted molar refractivity (Wildman–Crippen MR) is 422 cm³/mol. The fraction of sp³-hybridized carbons (Fsp3) is 0.944. The van der Waals surface area contributed by atoms with Gasteiger partial charge in [-0.2, -0.15) is 0 Å². The summed E-state index contributed by atoms with van der Waals surface area (Å²) >= 11 is 0. The van der Waals surface area contributed by atoms with Crippen molar-refractivity contribution < 1.29 is 42.9 Å². The molecule has 0 saturated heterocycles. The van der Waals surface area contributed by atoms with Crippen molar-refractivity contribution in [3.8, 4) is 0 Å². The van der Waals surface area contributed by atoms with E-state index in [9.17, 15) is 19.5 Å². The van der Waals surface area contributed by atoms with Gasteiger partial charge in [0.1, 0.15) is 13.2 Å². The van der Waals surface area contributed by atoms with Crippen molar-refractivity contribution in [2.24, 2.45) is 0 Å². The molecule has 0 amide bonds. The van der Waals surface area contributed by atoms with E-state index >= 15 is 0 Å². The van der Waals surface area contributed by atoms with Crippen LogP contribution in [0, 0.1) is 0 Å². The highest BCUT2D eigenvalue weighted by atomic mass is 16.7. The number of nitrogens with zero attached hydrogens (tertiary/aromatic N) is 1. The number of hydrogen-bond donors (Lipinski definition) is 0. The van der Waals surface area contributed by atoms with Gasteiger partial charge >= 0.3 is 11.9 Å². The number of quaternary nitrogens is 1. The van der Waals surface area contributed by atoms with Gasteiger partial charge in [-0.05, 0) is 38.5 Å². The Hall–Kier alpha value is -1.97. The zero-order valence-electron chi connectivity index (χ0n) is 67.0. The van der Waals surface area contributed by atoms with Gasteiger partial charge in [0, 0.05) is 12.8 Å². The lowest BCUT2D eigenvalue weighted by Crippen LogP contribution is -2.44. The van der Waals surface area contributed by atoms with Gasteiger partial charge in [-0.1, -0.05) is 443 Å². The van der Waals surface area contributed by atoms with Gasteiger partial charge in [0.25, 0.3) is 0 Å². The van der Waals surface area contributed by atoms with E-state index in [0.29, 0.717) is 17.4 Å². The first-order valence-corrected chi connectivity index (χ1v) is 44.3. The molecule has 2 unspecified atom stereocenters. The van der Waals surface area contributed by atoms with Gasteiger partial charge < -0.3 is 33.3 Å². The lowest BCUT2D eigenvalue weighted by atomic mass is 10.0. The van der Waals surface area contributed by atoms with Crippen molar-refractivity contribution >= 4 is 17.9 Å². The minimum Gasteiger partial charge on any atom is -0.545 e. The number of ether oxygens (including phenoxy) is 4. The topological polar surface area (TPSA) is 111 Å². The summed E-state index contributed by atoms with van der Waals surface area (Å²) in [6, 6.07) is 0. The molecule has 98 heavy (non-hydrogen) atoms. The van der Waals surface area contributed by atoms with Crippen molar-refractivity contribution in [3.05, 3.63) is 12.2 Å². The van der Waals surface area contributed by atoms with Crippen molar-refractivity contribution in [2.45, 2.75) is 495 Å². The summed E-state index contributed by atoms with van der Waals surface area (Å²) in [4.78, 5) is 37.7. The van der Waals surface area contributed by atoms with Crippen molar-refractivity contribution in [2.75, 3.05) is 47.5 Å². The van der Waals surface area contributed by atoms with Crippen LogP contribution in [0.5, 0.6) is 0 Å². The Morgan fingerprint density at radius 3 is 0.755 bits per heavy atom. The Labute approximate surface area is 612 Å². The molecule has 0 saturated carbocycles. The van der Waals surface area contributed by atoms with Crippen LogP contribution in [0.1, 0.15) is 483 Å². The summed E-state index contributed by atoms with van der Waals surface area (Å²) < 4.78 is 22.9. The number of carbonyl (C=O) groups excluding carboxylic acids is 3. The number of likely N-dealkylation sites (N-methyl/N-ethyl adjacent to an activating group) is 1. The van der Waals surface area contributed by atoms with E-state index in [1.165, 1.54) is 417 Å². The molecule has 0 radical (unpaired) electrons. The van der Waals surface area contributed by atoms with E-state index in [1.807, 2.05) is 21.1 Å². The molecule has 582 valence electrons. The molecule has 0 fully saturated rings. The van der Waals surface area contributed by atoms with E-state index in [4.69, 9.17) is 18.9 Å². The molecule has 2 atom stereocenters.